The molecule has 1 aromatic carbocycles. The van der Waals surface area contributed by atoms with Crippen LogP contribution in [-0.2, 0) is 4.79 Å². The molecule has 0 saturated heterocycles. The number of halogens is 1. The summed E-state index contributed by atoms with van der Waals surface area (Å²) < 4.78 is 13.0. The quantitative estimate of drug-likeness (QED) is 0.876. The molecular weight excluding hydrogens is 271 g/mol. The van der Waals surface area contributed by atoms with Crippen LogP contribution in [-0.4, -0.2) is 41.7 Å². The van der Waals surface area contributed by atoms with Crippen molar-refractivity contribution in [2.24, 2.45) is 0 Å². The van der Waals surface area contributed by atoms with Gasteiger partial charge in [-0.05, 0) is 38.1 Å². The van der Waals surface area contributed by atoms with Crippen LogP contribution in [0.25, 0.3) is 0 Å². The van der Waals surface area contributed by atoms with E-state index in [1.165, 1.54) is 12.1 Å². The number of hydrogen-bond donors (Lipinski definition) is 2. The fourth-order valence-electron chi connectivity index (χ4n) is 2.84. The van der Waals surface area contributed by atoms with Gasteiger partial charge in [0, 0.05) is 24.7 Å². The molecular formula is C16H23FN2O2. The van der Waals surface area contributed by atoms with E-state index in [2.05, 4.69) is 10.2 Å². The van der Waals surface area contributed by atoms with E-state index in [1.807, 2.05) is 7.05 Å². The Morgan fingerprint density at radius 1 is 1.43 bits per heavy atom. The number of likely N-dealkylation sites (N-methyl/N-ethyl adjacent to an activating group) is 1. The molecule has 21 heavy (non-hydrogen) atoms. The highest BCUT2D eigenvalue weighted by atomic mass is 19.1. The summed E-state index contributed by atoms with van der Waals surface area (Å²) >= 11 is 0. The number of anilines is 1. The van der Waals surface area contributed by atoms with Gasteiger partial charge in [0.1, 0.15) is 5.82 Å². The van der Waals surface area contributed by atoms with E-state index >= 15 is 0 Å². The molecule has 0 radical (unpaired) electrons. The molecule has 1 aliphatic carbocycles. The monoisotopic (exact) mass is 294 g/mol. The van der Waals surface area contributed by atoms with Crippen LogP contribution in [0, 0.1) is 5.82 Å². The van der Waals surface area contributed by atoms with Crippen molar-refractivity contribution in [2.45, 2.75) is 44.2 Å². The zero-order valence-electron chi connectivity index (χ0n) is 12.4. The van der Waals surface area contributed by atoms with E-state index in [-0.39, 0.29) is 23.9 Å². The number of aliphatic hydroxyl groups excluding tert-OH is 1. The average Bonchev–Trinajstić information content (AvgIpc) is 2.45. The molecule has 0 heterocycles. The molecule has 0 spiro atoms. The maximum Gasteiger partial charge on any atom is 0.225 e. The Morgan fingerprint density at radius 3 is 2.90 bits per heavy atom. The molecule has 2 N–H and O–H groups in total. The number of aliphatic hydroxyl groups is 1. The van der Waals surface area contributed by atoms with Crippen molar-refractivity contribution < 1.29 is 14.3 Å². The van der Waals surface area contributed by atoms with E-state index < -0.39 is 0 Å². The molecule has 116 valence electrons. The first-order valence-corrected chi connectivity index (χ1v) is 7.50. The van der Waals surface area contributed by atoms with Gasteiger partial charge in [-0.15, -0.1) is 0 Å². The van der Waals surface area contributed by atoms with Gasteiger partial charge in [0.25, 0.3) is 0 Å². The molecule has 1 saturated carbocycles. The zero-order valence-corrected chi connectivity index (χ0v) is 12.4. The minimum Gasteiger partial charge on any atom is -0.391 e. The average molecular weight is 294 g/mol. The van der Waals surface area contributed by atoms with Crippen LogP contribution in [0.3, 0.4) is 0 Å². The summed E-state index contributed by atoms with van der Waals surface area (Å²) in [5.74, 6) is -0.506. The van der Waals surface area contributed by atoms with Crippen molar-refractivity contribution in [1.82, 2.24) is 4.90 Å². The predicted octanol–water partition coefficient (Wildman–Crippen LogP) is 2.39. The summed E-state index contributed by atoms with van der Waals surface area (Å²) in [6.45, 7) is 0.586. The normalized spacial score (nSPS) is 22.3. The van der Waals surface area contributed by atoms with Gasteiger partial charge in [-0.3, -0.25) is 4.79 Å². The summed E-state index contributed by atoms with van der Waals surface area (Å²) in [5, 5.41) is 12.7. The first kappa shape index (κ1) is 15.9. The number of carbonyl (C=O) groups excluding carboxylic acids is 1. The Morgan fingerprint density at radius 2 is 2.19 bits per heavy atom. The van der Waals surface area contributed by atoms with Gasteiger partial charge in [0.15, 0.2) is 0 Å². The van der Waals surface area contributed by atoms with E-state index in [4.69, 9.17) is 0 Å². The van der Waals surface area contributed by atoms with Crippen molar-refractivity contribution in [1.29, 1.82) is 0 Å². The number of nitrogens with one attached hydrogen (secondary N) is 1. The molecule has 1 aliphatic rings. The van der Waals surface area contributed by atoms with Crippen LogP contribution >= 0.6 is 0 Å². The van der Waals surface area contributed by atoms with Gasteiger partial charge in [-0.1, -0.05) is 18.9 Å². The molecule has 0 aliphatic heterocycles. The number of nitrogens with zero attached hydrogens (tertiary/aromatic N) is 1. The third-order valence-corrected chi connectivity index (χ3v) is 4.06. The Balaban J connectivity index is 1.78. The third kappa shape index (κ3) is 4.79. The second kappa shape index (κ2) is 7.52. The molecule has 2 rings (SSSR count). The minimum absolute atomic E-state index is 0.140. The van der Waals surface area contributed by atoms with Crippen LogP contribution in [0.15, 0.2) is 24.3 Å². The number of benzene rings is 1. The maximum absolute atomic E-state index is 13.0. The molecule has 2 unspecified atom stereocenters. The highest BCUT2D eigenvalue weighted by Crippen LogP contribution is 2.22. The lowest BCUT2D eigenvalue weighted by Gasteiger charge is -2.35. The predicted molar refractivity (Wildman–Crippen MR) is 80.5 cm³/mol. The summed E-state index contributed by atoms with van der Waals surface area (Å²) in [4.78, 5) is 13.9. The van der Waals surface area contributed by atoms with Crippen molar-refractivity contribution in [3.8, 4) is 0 Å². The number of amides is 1. The summed E-state index contributed by atoms with van der Waals surface area (Å²) in [5.41, 5.74) is 0.473. The van der Waals surface area contributed by atoms with Crippen molar-refractivity contribution in [3.63, 3.8) is 0 Å². The van der Waals surface area contributed by atoms with Crippen LogP contribution in [0.1, 0.15) is 32.1 Å². The molecule has 0 bridgehead atoms. The Hall–Kier alpha value is -1.46. The summed E-state index contributed by atoms with van der Waals surface area (Å²) in [6, 6.07) is 6.01. The number of hydrogen-bond acceptors (Lipinski definition) is 3. The van der Waals surface area contributed by atoms with Crippen LogP contribution in [0.4, 0.5) is 10.1 Å². The van der Waals surface area contributed by atoms with E-state index in [1.54, 1.807) is 12.1 Å². The van der Waals surface area contributed by atoms with E-state index in [0.29, 0.717) is 18.7 Å². The van der Waals surface area contributed by atoms with Gasteiger partial charge >= 0.3 is 0 Å². The SMILES string of the molecule is CN(CCC(=O)Nc1cccc(F)c1)C1CCCCC1O. The van der Waals surface area contributed by atoms with Crippen molar-refractivity contribution in [3.05, 3.63) is 30.1 Å². The largest absolute Gasteiger partial charge is 0.391 e. The van der Waals surface area contributed by atoms with Crippen LogP contribution in [0.2, 0.25) is 0 Å². The first-order valence-electron chi connectivity index (χ1n) is 7.50. The zero-order chi connectivity index (χ0) is 15.2. The lowest BCUT2D eigenvalue weighted by atomic mass is 9.91. The Labute approximate surface area is 125 Å². The smallest absolute Gasteiger partial charge is 0.225 e. The topological polar surface area (TPSA) is 52.6 Å². The Bertz CT molecular complexity index is 481. The van der Waals surface area contributed by atoms with Gasteiger partial charge in [-0.25, -0.2) is 4.39 Å². The van der Waals surface area contributed by atoms with Gasteiger partial charge in [0.05, 0.1) is 6.10 Å². The molecule has 1 aromatic rings. The lowest BCUT2D eigenvalue weighted by molar-refractivity contribution is -0.116. The van der Waals surface area contributed by atoms with Gasteiger partial charge in [-0.2, -0.15) is 0 Å². The Kier molecular flexibility index (Phi) is 5.70. The minimum atomic E-state index is -0.366. The van der Waals surface area contributed by atoms with E-state index in [0.717, 1.165) is 25.7 Å². The van der Waals surface area contributed by atoms with Gasteiger partial charge in [0.2, 0.25) is 5.91 Å². The van der Waals surface area contributed by atoms with Crippen LogP contribution in [0.5, 0.6) is 0 Å². The second-order valence-corrected chi connectivity index (χ2v) is 5.71. The molecule has 1 fully saturated rings. The van der Waals surface area contributed by atoms with Crippen LogP contribution < -0.4 is 5.32 Å². The molecule has 5 heteroatoms. The van der Waals surface area contributed by atoms with Crippen molar-refractivity contribution >= 4 is 11.6 Å². The fraction of sp³-hybridized carbons (Fsp3) is 0.562. The molecule has 1 amide bonds. The molecule has 2 atom stereocenters. The van der Waals surface area contributed by atoms with Crippen molar-refractivity contribution in [2.75, 3.05) is 18.9 Å². The number of rotatable bonds is 5. The van der Waals surface area contributed by atoms with E-state index in [9.17, 15) is 14.3 Å². The standard InChI is InChI=1S/C16H23FN2O2/c1-19(14-7-2-3-8-15(14)20)10-9-16(21)18-13-6-4-5-12(17)11-13/h4-6,11,14-15,20H,2-3,7-10H2,1H3,(H,18,21). The fourth-order valence-corrected chi connectivity index (χ4v) is 2.84. The number of carbonyl (C=O) groups is 1. The molecule has 0 aromatic heterocycles. The summed E-state index contributed by atoms with van der Waals surface area (Å²) in [7, 11) is 1.94. The lowest BCUT2D eigenvalue weighted by Crippen LogP contribution is -2.44. The third-order valence-electron chi connectivity index (χ3n) is 4.06. The second-order valence-electron chi connectivity index (χ2n) is 5.71. The maximum atomic E-state index is 13.0. The van der Waals surface area contributed by atoms with Gasteiger partial charge < -0.3 is 15.3 Å². The highest BCUT2D eigenvalue weighted by Gasteiger charge is 2.26. The summed E-state index contributed by atoms with van der Waals surface area (Å²) in [6.07, 6.45) is 4.05. The molecule has 4 nitrogen and oxygen atoms in total. The highest BCUT2D eigenvalue weighted by molar-refractivity contribution is 5.90. The first-order chi connectivity index (χ1) is 10.1.